The van der Waals surface area contributed by atoms with Gasteiger partial charge in [0.15, 0.2) is 0 Å². The maximum atomic E-state index is 9.28. The van der Waals surface area contributed by atoms with Crippen molar-refractivity contribution < 1.29 is 5.11 Å². The number of hydrogen-bond donors (Lipinski definition) is 3. The second-order valence-corrected chi connectivity index (χ2v) is 15.7. The Labute approximate surface area is 381 Å². The molecule has 2 aromatic heterocycles. The van der Waals surface area contributed by atoms with E-state index < -0.39 is 0 Å². The highest BCUT2D eigenvalue weighted by molar-refractivity contribution is 6.23. The van der Waals surface area contributed by atoms with Crippen molar-refractivity contribution in [1.82, 2.24) is 9.97 Å². The molecule has 0 aliphatic rings. The lowest BCUT2D eigenvalue weighted by atomic mass is 9.89. The van der Waals surface area contributed by atoms with Crippen LogP contribution in [0.2, 0.25) is 0 Å². The fraction of sp³-hybridized carbons (Fsp3) is 0.180. The van der Waals surface area contributed by atoms with Gasteiger partial charge in [0.25, 0.3) is 0 Å². The Balaban J connectivity index is 0.000000159. The quantitative estimate of drug-likeness (QED) is 0.152. The van der Waals surface area contributed by atoms with Crippen molar-refractivity contribution in [2.24, 2.45) is 0 Å². The first-order valence-corrected chi connectivity index (χ1v) is 22.5. The number of nitrogens with one attached hydrogen (secondary N) is 2. The minimum Gasteiger partial charge on any atom is -0.508 e. The van der Waals surface area contributed by atoms with Crippen LogP contribution in [-0.4, -0.2) is 15.1 Å². The number of aromatic nitrogens is 2. The standard InChI is InChI=1S/C19H16.2C14H11N.C9H12O.2C2H6.CH4/c1-12(2)16-10-8-15-7-6-13-4-3-5-14-9-11-17(16)19(15)18(13)14;2*1-2-6-11(7-3-1)14-10-12-8-4-5-9-13(12)15-14;1-7(2)8-5-3-4-6-9(8)10;2*1-2;/h3-12H,1-2H3;2*1-10,15H;3-7,10H,1-2H3;2*1-2H3;1H4. The van der Waals surface area contributed by atoms with E-state index in [4.69, 9.17) is 0 Å². The Kier molecular flexibility index (Phi) is 17.5. The molecule has 0 radical (unpaired) electrons. The summed E-state index contributed by atoms with van der Waals surface area (Å²) in [5, 5.41) is 20.1. The Morgan fingerprint density at radius 2 is 0.750 bits per heavy atom. The van der Waals surface area contributed by atoms with E-state index in [1.54, 1.807) is 6.07 Å². The minimum absolute atomic E-state index is 0. The summed E-state index contributed by atoms with van der Waals surface area (Å²) in [6.45, 7) is 16.7. The third kappa shape index (κ3) is 11.3. The van der Waals surface area contributed by atoms with E-state index in [2.05, 4.69) is 189 Å². The van der Waals surface area contributed by atoms with E-state index in [0.717, 1.165) is 5.56 Å². The zero-order valence-electron chi connectivity index (χ0n) is 38.2. The third-order valence-electron chi connectivity index (χ3n) is 11.0. The normalized spacial score (nSPS) is 10.4. The second-order valence-electron chi connectivity index (χ2n) is 15.7. The molecule has 3 nitrogen and oxygen atoms in total. The Hall–Kier alpha value is -7.10. The van der Waals surface area contributed by atoms with Crippen LogP contribution in [-0.2, 0) is 0 Å². The first-order valence-electron chi connectivity index (χ1n) is 22.5. The number of phenols is 1. The molecule has 0 aliphatic heterocycles. The fourth-order valence-electron chi connectivity index (χ4n) is 7.93. The summed E-state index contributed by atoms with van der Waals surface area (Å²) in [6, 6.07) is 69.4. The predicted molar refractivity (Wildman–Crippen MR) is 283 cm³/mol. The van der Waals surface area contributed by atoms with Gasteiger partial charge in [-0.15, -0.1) is 0 Å². The van der Waals surface area contributed by atoms with Gasteiger partial charge in [-0.1, -0.05) is 233 Å². The van der Waals surface area contributed by atoms with Crippen LogP contribution in [0, 0.1) is 0 Å². The minimum atomic E-state index is 0. The molecule has 0 aliphatic carbocycles. The van der Waals surface area contributed by atoms with Gasteiger partial charge in [-0.3, -0.25) is 0 Å². The summed E-state index contributed by atoms with van der Waals surface area (Å²) in [6.07, 6.45) is 0. The van der Waals surface area contributed by atoms with Gasteiger partial charge < -0.3 is 15.1 Å². The van der Waals surface area contributed by atoms with Crippen molar-refractivity contribution in [3.05, 3.63) is 211 Å². The topological polar surface area (TPSA) is 51.8 Å². The van der Waals surface area contributed by atoms with E-state index in [9.17, 15) is 5.11 Å². The van der Waals surface area contributed by atoms with E-state index in [-0.39, 0.29) is 7.43 Å². The maximum absolute atomic E-state index is 9.28. The number of aromatic amines is 2. The number of aromatic hydroxyl groups is 1. The number of H-pyrrole nitrogens is 2. The van der Waals surface area contributed by atoms with Crippen LogP contribution in [0.1, 0.15) is 85.8 Å². The molecule has 9 aromatic carbocycles. The largest absolute Gasteiger partial charge is 0.508 e. The molecule has 0 unspecified atom stereocenters. The molecule has 0 saturated heterocycles. The number of fused-ring (bicyclic) bond motifs is 2. The van der Waals surface area contributed by atoms with Crippen LogP contribution in [0.4, 0.5) is 0 Å². The summed E-state index contributed by atoms with van der Waals surface area (Å²) in [7, 11) is 0. The van der Waals surface area contributed by atoms with Gasteiger partial charge in [0.05, 0.1) is 0 Å². The van der Waals surface area contributed by atoms with E-state index in [0.29, 0.717) is 17.6 Å². The number of rotatable bonds is 4. The van der Waals surface area contributed by atoms with Crippen molar-refractivity contribution in [3.63, 3.8) is 0 Å². The van der Waals surface area contributed by atoms with Crippen LogP contribution in [0.5, 0.6) is 5.75 Å². The molecule has 0 saturated carbocycles. The highest BCUT2D eigenvalue weighted by Gasteiger charge is 2.12. The van der Waals surface area contributed by atoms with Crippen molar-refractivity contribution in [2.45, 2.75) is 74.7 Å². The number of para-hydroxylation sites is 3. The van der Waals surface area contributed by atoms with E-state index in [1.807, 2.05) is 70.2 Å². The number of phenolic OH excluding ortho intramolecular Hbond substituents is 1. The average Bonchev–Trinajstić information content (AvgIpc) is 3.99. The Bertz CT molecular complexity index is 2870. The van der Waals surface area contributed by atoms with Crippen LogP contribution >= 0.6 is 0 Å². The molecule has 3 heteroatoms. The van der Waals surface area contributed by atoms with E-state index >= 15 is 0 Å². The van der Waals surface area contributed by atoms with Gasteiger partial charge in [0, 0.05) is 33.2 Å². The zero-order chi connectivity index (χ0) is 44.7. The Morgan fingerprint density at radius 1 is 0.359 bits per heavy atom. The molecular formula is C61H66N2O. The molecule has 0 spiro atoms. The van der Waals surface area contributed by atoms with Crippen LogP contribution in [0.15, 0.2) is 200 Å². The van der Waals surface area contributed by atoms with Crippen LogP contribution in [0.3, 0.4) is 0 Å². The first kappa shape index (κ1) is 47.9. The summed E-state index contributed by atoms with van der Waals surface area (Å²) in [5.74, 6) is 1.36. The van der Waals surface area contributed by atoms with E-state index in [1.165, 1.54) is 82.2 Å². The summed E-state index contributed by atoms with van der Waals surface area (Å²) in [4.78, 5) is 6.82. The second kappa shape index (κ2) is 23.4. The van der Waals surface area contributed by atoms with Gasteiger partial charge in [0.1, 0.15) is 5.75 Å². The lowest BCUT2D eigenvalue weighted by Gasteiger charge is -2.15. The SMILES string of the molecule is C.CC.CC.CC(C)c1ccc2ccc3cccc4ccc1c2c34.CC(C)c1ccccc1O.c1ccc(-c2cc3ccccc3[nH]2)cc1.c1ccc(-c2cc3ccccc3[nH]2)cc1. The van der Waals surface area contributed by atoms with Crippen LogP contribution < -0.4 is 0 Å². The molecule has 2 heterocycles. The zero-order valence-corrected chi connectivity index (χ0v) is 38.2. The van der Waals surface area contributed by atoms with Gasteiger partial charge in [-0.2, -0.15) is 0 Å². The molecule has 0 bridgehead atoms. The van der Waals surface area contributed by atoms with Crippen molar-refractivity contribution in [3.8, 4) is 28.3 Å². The third-order valence-corrected chi connectivity index (χ3v) is 11.0. The molecule has 11 rings (SSSR count). The smallest absolute Gasteiger partial charge is 0.119 e. The van der Waals surface area contributed by atoms with Gasteiger partial charge in [-0.05, 0) is 96.7 Å². The molecular weight excluding hydrogens is 777 g/mol. The van der Waals surface area contributed by atoms with Gasteiger partial charge >= 0.3 is 0 Å². The number of benzene rings is 9. The molecule has 326 valence electrons. The maximum Gasteiger partial charge on any atom is 0.119 e. The first-order chi connectivity index (χ1) is 30.8. The average molecular weight is 843 g/mol. The lowest BCUT2D eigenvalue weighted by molar-refractivity contribution is 0.465. The summed E-state index contributed by atoms with van der Waals surface area (Å²) >= 11 is 0. The predicted octanol–water partition coefficient (Wildman–Crippen LogP) is 18.6. The highest BCUT2D eigenvalue weighted by atomic mass is 16.3. The van der Waals surface area contributed by atoms with Crippen molar-refractivity contribution in [2.75, 3.05) is 0 Å². The summed E-state index contributed by atoms with van der Waals surface area (Å²) in [5.41, 5.74) is 9.66. The molecule has 11 aromatic rings. The van der Waals surface area contributed by atoms with Gasteiger partial charge in [0.2, 0.25) is 0 Å². The monoisotopic (exact) mass is 843 g/mol. The lowest BCUT2D eigenvalue weighted by Crippen LogP contribution is -1.91. The van der Waals surface area contributed by atoms with Gasteiger partial charge in [-0.25, -0.2) is 0 Å². The molecule has 0 amide bonds. The van der Waals surface area contributed by atoms with Crippen molar-refractivity contribution >= 4 is 54.1 Å². The molecule has 3 N–H and O–H groups in total. The van der Waals surface area contributed by atoms with Crippen LogP contribution in [0.25, 0.3) is 76.6 Å². The Morgan fingerprint density at radius 3 is 1.20 bits per heavy atom. The molecule has 0 atom stereocenters. The molecule has 64 heavy (non-hydrogen) atoms. The fourth-order valence-corrected chi connectivity index (χ4v) is 7.93. The highest BCUT2D eigenvalue weighted by Crippen LogP contribution is 2.37. The number of hydrogen-bond acceptors (Lipinski definition) is 1. The summed E-state index contributed by atoms with van der Waals surface area (Å²) < 4.78 is 0. The van der Waals surface area contributed by atoms with Crippen molar-refractivity contribution in [1.29, 1.82) is 0 Å². The molecule has 0 fully saturated rings.